The Kier molecular flexibility index (Phi) is 4.57. The Morgan fingerprint density at radius 1 is 0.543 bits per heavy atom. The van der Waals surface area contributed by atoms with Crippen LogP contribution in [0.1, 0.15) is 16.7 Å². The van der Waals surface area contributed by atoms with Gasteiger partial charge in [-0.3, -0.25) is 0 Å². The third kappa shape index (κ3) is 3.05. The minimum atomic E-state index is 0.291. The smallest absolute Gasteiger partial charge is 0.101 e. The van der Waals surface area contributed by atoms with Gasteiger partial charge in [-0.2, -0.15) is 15.8 Å². The highest BCUT2D eigenvalue weighted by molar-refractivity contribution is 6.22. The first-order chi connectivity index (χ1) is 17.2. The second kappa shape index (κ2) is 7.89. The Hall–Kier alpha value is -5.37. The van der Waals surface area contributed by atoms with E-state index in [9.17, 15) is 15.8 Å². The molecule has 0 aliphatic rings. The topological polar surface area (TPSA) is 76.3 Å². The number of hydrogen-bond donors (Lipinski definition) is 0. The molecule has 6 rings (SSSR count). The monoisotopic (exact) mass is 444 g/mol. The fourth-order valence-electron chi connectivity index (χ4n) is 4.95. The van der Waals surface area contributed by atoms with Crippen LogP contribution in [0.15, 0.2) is 97.1 Å². The van der Waals surface area contributed by atoms with Crippen molar-refractivity contribution >= 4 is 32.6 Å². The Morgan fingerprint density at radius 3 is 1.94 bits per heavy atom. The van der Waals surface area contributed by atoms with Crippen LogP contribution in [0.4, 0.5) is 0 Å². The maximum absolute atomic E-state index is 9.98. The fraction of sp³-hybridized carbons (Fsp3) is 0. The second-order valence-corrected chi connectivity index (χ2v) is 8.37. The Balaban J connectivity index is 1.82. The molecule has 0 spiro atoms. The van der Waals surface area contributed by atoms with E-state index in [2.05, 4.69) is 60.7 Å². The number of fused-ring (bicyclic) bond motifs is 5. The average molecular weight is 444 g/mol. The van der Waals surface area contributed by atoms with Crippen LogP contribution in [-0.2, 0) is 0 Å². The van der Waals surface area contributed by atoms with Crippen molar-refractivity contribution in [2.45, 2.75) is 0 Å². The molecule has 0 amide bonds. The molecule has 1 aromatic heterocycles. The fourth-order valence-corrected chi connectivity index (χ4v) is 4.95. The lowest BCUT2D eigenvalue weighted by Crippen LogP contribution is -2.02. The highest BCUT2D eigenvalue weighted by Gasteiger charge is 2.21. The van der Waals surface area contributed by atoms with Gasteiger partial charge in [-0.25, -0.2) is 0 Å². The number of benzene rings is 5. The van der Waals surface area contributed by atoms with Gasteiger partial charge in [0.2, 0.25) is 0 Å². The molecule has 35 heavy (non-hydrogen) atoms. The van der Waals surface area contributed by atoms with Crippen molar-refractivity contribution < 1.29 is 0 Å². The van der Waals surface area contributed by atoms with Gasteiger partial charge in [0.25, 0.3) is 0 Å². The van der Waals surface area contributed by atoms with Crippen molar-refractivity contribution in [3.63, 3.8) is 0 Å². The van der Waals surface area contributed by atoms with Crippen LogP contribution in [0.25, 0.3) is 49.4 Å². The lowest BCUT2D eigenvalue weighted by Gasteiger charge is -2.13. The molecule has 6 aromatic rings. The molecule has 0 atom stereocenters. The van der Waals surface area contributed by atoms with E-state index in [1.807, 2.05) is 47.0 Å². The molecule has 160 valence electrons. The largest absolute Gasteiger partial charge is 0.307 e. The summed E-state index contributed by atoms with van der Waals surface area (Å²) in [6, 6.07) is 38.4. The first-order valence-corrected chi connectivity index (χ1v) is 11.1. The summed E-state index contributed by atoms with van der Waals surface area (Å²) >= 11 is 0. The minimum Gasteiger partial charge on any atom is -0.307 e. The molecule has 4 nitrogen and oxygen atoms in total. The lowest BCUT2D eigenvalue weighted by molar-refractivity contribution is 1.15. The predicted molar refractivity (Wildman–Crippen MR) is 138 cm³/mol. The highest BCUT2D eigenvalue weighted by atomic mass is 15.0. The van der Waals surface area contributed by atoms with Crippen LogP contribution < -0.4 is 0 Å². The molecule has 5 aromatic carbocycles. The standard InChI is InChI=1S/C31H16N4/c32-17-20-14-24(18-33)31(25(15-20)19-34)35-28-12-11-23(21-6-2-1-3-7-21)16-27(28)30-26-9-5-4-8-22(26)10-13-29(30)35/h1-16H. The van der Waals surface area contributed by atoms with Crippen molar-refractivity contribution in [2.24, 2.45) is 0 Å². The van der Waals surface area contributed by atoms with Crippen molar-refractivity contribution in [2.75, 3.05) is 0 Å². The van der Waals surface area contributed by atoms with Gasteiger partial charge in [0.1, 0.15) is 12.1 Å². The van der Waals surface area contributed by atoms with E-state index in [4.69, 9.17) is 0 Å². The molecular weight excluding hydrogens is 428 g/mol. The summed E-state index contributed by atoms with van der Waals surface area (Å²) in [6.45, 7) is 0. The highest BCUT2D eigenvalue weighted by Crippen LogP contribution is 2.40. The number of nitriles is 3. The minimum absolute atomic E-state index is 0.291. The van der Waals surface area contributed by atoms with Crippen LogP contribution in [0.2, 0.25) is 0 Å². The number of nitrogens with zero attached hydrogens (tertiary/aromatic N) is 4. The van der Waals surface area contributed by atoms with Gasteiger partial charge in [0.05, 0.1) is 39.5 Å². The SMILES string of the molecule is N#Cc1cc(C#N)c(-n2c3ccc(-c4ccccc4)cc3c3c4ccccc4ccc32)c(C#N)c1. The molecule has 1 heterocycles. The van der Waals surface area contributed by atoms with E-state index in [0.717, 1.165) is 43.7 Å². The van der Waals surface area contributed by atoms with E-state index < -0.39 is 0 Å². The number of hydrogen-bond acceptors (Lipinski definition) is 3. The van der Waals surface area contributed by atoms with E-state index in [1.165, 1.54) is 0 Å². The summed E-state index contributed by atoms with van der Waals surface area (Å²) < 4.78 is 1.99. The zero-order valence-corrected chi connectivity index (χ0v) is 18.5. The van der Waals surface area contributed by atoms with Gasteiger partial charge in [0.15, 0.2) is 0 Å². The molecule has 0 unspecified atom stereocenters. The van der Waals surface area contributed by atoms with Crippen molar-refractivity contribution in [3.05, 3.63) is 114 Å². The van der Waals surface area contributed by atoms with Crippen LogP contribution >= 0.6 is 0 Å². The van der Waals surface area contributed by atoms with Gasteiger partial charge >= 0.3 is 0 Å². The molecule has 0 aliphatic heterocycles. The van der Waals surface area contributed by atoms with Crippen molar-refractivity contribution in [3.8, 4) is 35.0 Å². The van der Waals surface area contributed by atoms with Gasteiger partial charge < -0.3 is 4.57 Å². The Morgan fingerprint density at radius 2 is 1.23 bits per heavy atom. The summed E-state index contributed by atoms with van der Waals surface area (Å²) in [5.41, 5.74) is 5.38. The summed E-state index contributed by atoms with van der Waals surface area (Å²) in [4.78, 5) is 0. The number of aromatic nitrogens is 1. The van der Waals surface area contributed by atoms with Gasteiger partial charge in [-0.05, 0) is 52.2 Å². The quantitative estimate of drug-likeness (QED) is 0.283. The molecule has 0 saturated carbocycles. The van der Waals surface area contributed by atoms with Crippen LogP contribution in [0.3, 0.4) is 0 Å². The third-order valence-electron chi connectivity index (χ3n) is 6.47. The molecule has 0 saturated heterocycles. The van der Waals surface area contributed by atoms with Crippen LogP contribution in [0, 0.1) is 34.0 Å². The molecule has 0 fully saturated rings. The normalized spacial score (nSPS) is 10.8. The van der Waals surface area contributed by atoms with E-state index in [-0.39, 0.29) is 0 Å². The summed E-state index contributed by atoms with van der Waals surface area (Å²) in [6.07, 6.45) is 0. The maximum Gasteiger partial charge on any atom is 0.101 e. The van der Waals surface area contributed by atoms with E-state index in [0.29, 0.717) is 22.4 Å². The Labute approximate surface area is 201 Å². The van der Waals surface area contributed by atoms with Gasteiger partial charge in [-0.15, -0.1) is 0 Å². The zero-order valence-electron chi connectivity index (χ0n) is 18.5. The summed E-state index contributed by atoms with van der Waals surface area (Å²) in [7, 11) is 0. The summed E-state index contributed by atoms with van der Waals surface area (Å²) in [5, 5.41) is 33.7. The van der Waals surface area contributed by atoms with Crippen LogP contribution in [-0.4, -0.2) is 4.57 Å². The van der Waals surface area contributed by atoms with Gasteiger partial charge in [0, 0.05) is 10.8 Å². The molecule has 0 radical (unpaired) electrons. The number of rotatable bonds is 2. The first kappa shape index (κ1) is 20.3. The van der Waals surface area contributed by atoms with E-state index >= 15 is 0 Å². The lowest BCUT2D eigenvalue weighted by atomic mass is 10.0. The summed E-state index contributed by atoms with van der Waals surface area (Å²) in [5.74, 6) is 0. The maximum atomic E-state index is 9.98. The third-order valence-corrected chi connectivity index (χ3v) is 6.47. The van der Waals surface area contributed by atoms with Crippen molar-refractivity contribution in [1.29, 1.82) is 15.8 Å². The van der Waals surface area contributed by atoms with Crippen molar-refractivity contribution in [1.82, 2.24) is 4.57 Å². The van der Waals surface area contributed by atoms with Gasteiger partial charge in [-0.1, -0.05) is 66.7 Å². The van der Waals surface area contributed by atoms with E-state index in [1.54, 1.807) is 12.1 Å². The zero-order chi connectivity index (χ0) is 23.9. The van der Waals surface area contributed by atoms with Crippen LogP contribution in [0.5, 0.6) is 0 Å². The molecule has 0 aliphatic carbocycles. The molecule has 0 bridgehead atoms. The molecular formula is C31H16N4. The molecule has 4 heteroatoms. The molecule has 0 N–H and O–H groups in total. The first-order valence-electron chi connectivity index (χ1n) is 11.1. The Bertz CT molecular complexity index is 1890. The average Bonchev–Trinajstić information content (AvgIpc) is 3.26. The second-order valence-electron chi connectivity index (χ2n) is 8.37. The predicted octanol–water partition coefficient (Wildman–Crippen LogP) is 7.22.